The van der Waals surface area contributed by atoms with Gasteiger partial charge in [-0.25, -0.2) is 0 Å². The number of benzene rings is 3. The van der Waals surface area contributed by atoms with Crippen molar-refractivity contribution in [3.05, 3.63) is 108 Å². The minimum Gasteiger partial charge on any atom is -0.461 e. The molecule has 1 saturated carbocycles. The molecule has 4 rings (SSSR count). The second-order valence-electron chi connectivity index (χ2n) is 15.0. The summed E-state index contributed by atoms with van der Waals surface area (Å²) >= 11 is 0. The van der Waals surface area contributed by atoms with Crippen LogP contribution >= 0.6 is 0 Å². The Labute approximate surface area is 310 Å². The van der Waals surface area contributed by atoms with Crippen LogP contribution in [-0.4, -0.2) is 23.7 Å². The predicted octanol–water partition coefficient (Wildman–Crippen LogP) is 9.70. The van der Waals surface area contributed by atoms with Crippen molar-refractivity contribution in [2.24, 2.45) is 41.4 Å². The zero-order valence-corrected chi connectivity index (χ0v) is 31.5. The van der Waals surface area contributed by atoms with E-state index in [1.54, 1.807) is 0 Å². The smallest absolute Gasteiger partial charge is 0.309 e. The molecule has 3 aromatic carbocycles. The van der Waals surface area contributed by atoms with Crippen molar-refractivity contribution in [3.8, 4) is 0 Å². The molecular formula is C45H58O7. The van der Waals surface area contributed by atoms with E-state index in [1.807, 2.05) is 112 Å². The molecule has 6 atom stereocenters. The van der Waals surface area contributed by atoms with Crippen molar-refractivity contribution in [2.45, 2.75) is 105 Å². The lowest BCUT2D eigenvalue weighted by molar-refractivity contribution is -0.155. The van der Waals surface area contributed by atoms with Crippen LogP contribution in [0.2, 0.25) is 0 Å². The van der Waals surface area contributed by atoms with Crippen LogP contribution in [0.3, 0.4) is 0 Å². The fourth-order valence-corrected chi connectivity index (χ4v) is 7.54. The van der Waals surface area contributed by atoms with Gasteiger partial charge in [-0.2, -0.15) is 0 Å². The highest BCUT2D eigenvalue weighted by atomic mass is 16.5. The van der Waals surface area contributed by atoms with Gasteiger partial charge in [0.15, 0.2) is 0 Å². The number of ether oxygens (including phenoxy) is 3. The monoisotopic (exact) mass is 710 g/mol. The van der Waals surface area contributed by atoms with Gasteiger partial charge in [0.1, 0.15) is 25.6 Å². The van der Waals surface area contributed by atoms with Gasteiger partial charge in [-0.3, -0.25) is 19.2 Å². The highest BCUT2D eigenvalue weighted by molar-refractivity contribution is 5.81. The highest BCUT2D eigenvalue weighted by Crippen LogP contribution is 2.40. The zero-order chi connectivity index (χ0) is 37.3. The van der Waals surface area contributed by atoms with Gasteiger partial charge in [0.05, 0.1) is 17.8 Å². The average Bonchev–Trinajstić information content (AvgIpc) is 3.16. The van der Waals surface area contributed by atoms with Crippen molar-refractivity contribution < 1.29 is 33.4 Å². The van der Waals surface area contributed by atoms with Gasteiger partial charge >= 0.3 is 17.9 Å². The van der Waals surface area contributed by atoms with Gasteiger partial charge < -0.3 is 14.2 Å². The SMILES string of the molecule is CCCC(=O)C1CCC(C(=O)OCc2ccccc2)C(CCC(C(=O)OCc2ccccc2)C(C)CCC(C(=O)OCc2ccccc2)C(C)C)C1. The van der Waals surface area contributed by atoms with E-state index in [4.69, 9.17) is 14.2 Å². The molecule has 0 heterocycles. The summed E-state index contributed by atoms with van der Waals surface area (Å²) < 4.78 is 17.5. The van der Waals surface area contributed by atoms with Gasteiger partial charge in [-0.15, -0.1) is 0 Å². The number of carbonyl (C=O) groups is 4. The van der Waals surface area contributed by atoms with Crippen molar-refractivity contribution in [2.75, 3.05) is 0 Å². The van der Waals surface area contributed by atoms with E-state index in [0.717, 1.165) is 23.1 Å². The van der Waals surface area contributed by atoms with Crippen molar-refractivity contribution in [1.29, 1.82) is 0 Å². The molecule has 1 aliphatic rings. The lowest BCUT2D eigenvalue weighted by Crippen LogP contribution is -2.35. The molecule has 0 aromatic heterocycles. The van der Waals surface area contributed by atoms with Crippen LogP contribution in [0, 0.1) is 41.4 Å². The minimum atomic E-state index is -0.440. The van der Waals surface area contributed by atoms with Crippen LogP contribution in [-0.2, 0) is 53.2 Å². The summed E-state index contributed by atoms with van der Waals surface area (Å²) in [6.45, 7) is 8.74. The molecule has 7 heteroatoms. The standard InChI is InChI=1S/C45H58O7/c1-5-15-42(46)38-24-27-41(45(49)52-31-36-20-13-8-14-21-36)37(28-38)23-26-40(44(48)51-30-35-18-11-7-12-19-35)33(4)22-25-39(32(2)3)43(47)50-29-34-16-9-6-10-17-34/h6-14,16-21,32-33,37-41H,5,15,22-31H2,1-4H3. The summed E-state index contributed by atoms with van der Waals surface area (Å²) in [5.41, 5.74) is 2.78. The van der Waals surface area contributed by atoms with Gasteiger partial charge in [-0.1, -0.05) is 119 Å². The Morgan fingerprint density at radius 2 is 1.13 bits per heavy atom. The number of ketones is 1. The average molecular weight is 711 g/mol. The Morgan fingerprint density at radius 3 is 1.63 bits per heavy atom. The molecule has 0 bridgehead atoms. The van der Waals surface area contributed by atoms with E-state index in [0.29, 0.717) is 51.4 Å². The molecule has 52 heavy (non-hydrogen) atoms. The molecule has 1 aliphatic carbocycles. The van der Waals surface area contributed by atoms with Crippen LogP contribution in [0.25, 0.3) is 0 Å². The van der Waals surface area contributed by atoms with E-state index in [9.17, 15) is 19.2 Å². The van der Waals surface area contributed by atoms with Crippen molar-refractivity contribution in [3.63, 3.8) is 0 Å². The Hall–Kier alpha value is -4.26. The van der Waals surface area contributed by atoms with Crippen LogP contribution in [0.15, 0.2) is 91.0 Å². The summed E-state index contributed by atoms with van der Waals surface area (Å²) in [5, 5.41) is 0. The summed E-state index contributed by atoms with van der Waals surface area (Å²) in [6, 6.07) is 28.9. The van der Waals surface area contributed by atoms with Gasteiger partial charge in [0.25, 0.3) is 0 Å². The second kappa shape index (κ2) is 21.3. The Bertz CT molecular complexity index is 1520. The topological polar surface area (TPSA) is 96.0 Å². The van der Waals surface area contributed by atoms with Crippen LogP contribution in [0.4, 0.5) is 0 Å². The fraction of sp³-hybridized carbons (Fsp3) is 0.511. The largest absolute Gasteiger partial charge is 0.461 e. The molecule has 1 fully saturated rings. The molecule has 0 aliphatic heterocycles. The van der Waals surface area contributed by atoms with Crippen LogP contribution < -0.4 is 0 Å². The fourth-order valence-electron chi connectivity index (χ4n) is 7.54. The highest BCUT2D eigenvalue weighted by Gasteiger charge is 2.39. The molecular weight excluding hydrogens is 652 g/mol. The third kappa shape index (κ3) is 12.8. The lowest BCUT2D eigenvalue weighted by Gasteiger charge is -2.35. The number of carbonyl (C=O) groups excluding carboxylic acids is 4. The van der Waals surface area contributed by atoms with Gasteiger partial charge in [0.2, 0.25) is 0 Å². The predicted molar refractivity (Wildman–Crippen MR) is 202 cm³/mol. The molecule has 6 unspecified atom stereocenters. The molecule has 0 spiro atoms. The van der Waals surface area contributed by atoms with Crippen LogP contribution in [0.5, 0.6) is 0 Å². The first-order valence-corrected chi connectivity index (χ1v) is 19.3. The van der Waals surface area contributed by atoms with Crippen LogP contribution in [0.1, 0.15) is 102 Å². The maximum Gasteiger partial charge on any atom is 0.309 e. The zero-order valence-electron chi connectivity index (χ0n) is 31.5. The van der Waals surface area contributed by atoms with E-state index >= 15 is 0 Å². The van der Waals surface area contributed by atoms with Gasteiger partial charge in [-0.05, 0) is 85.8 Å². The number of rotatable bonds is 20. The normalized spacial score (nSPS) is 18.9. The Kier molecular flexibility index (Phi) is 16.6. The Balaban J connectivity index is 1.47. The molecule has 0 N–H and O–H groups in total. The third-order valence-corrected chi connectivity index (χ3v) is 10.8. The summed E-state index contributed by atoms with van der Waals surface area (Å²) in [4.78, 5) is 53.8. The maximum atomic E-state index is 13.9. The quantitative estimate of drug-likeness (QED) is 0.0851. The molecule has 280 valence electrons. The first-order valence-electron chi connectivity index (χ1n) is 19.3. The van der Waals surface area contributed by atoms with Crippen molar-refractivity contribution >= 4 is 23.7 Å². The minimum absolute atomic E-state index is 0.0708. The van der Waals surface area contributed by atoms with E-state index in [2.05, 4.69) is 6.92 Å². The Morgan fingerprint density at radius 1 is 0.635 bits per heavy atom. The summed E-state index contributed by atoms with van der Waals surface area (Å²) in [6.07, 6.45) is 5.56. The van der Waals surface area contributed by atoms with Crippen molar-refractivity contribution in [1.82, 2.24) is 0 Å². The van der Waals surface area contributed by atoms with Gasteiger partial charge in [0, 0.05) is 12.3 Å². The number of hydrogen-bond donors (Lipinski definition) is 0. The number of hydrogen-bond acceptors (Lipinski definition) is 7. The summed E-state index contributed by atoms with van der Waals surface area (Å²) in [7, 11) is 0. The maximum absolute atomic E-state index is 13.9. The van der Waals surface area contributed by atoms with E-state index < -0.39 is 5.92 Å². The lowest BCUT2D eigenvalue weighted by atomic mass is 9.69. The first kappa shape index (κ1) is 40.5. The molecule has 0 amide bonds. The number of Topliss-reactive ketones (excluding diaryl/α,β-unsaturated/α-hetero) is 1. The third-order valence-electron chi connectivity index (χ3n) is 10.8. The summed E-state index contributed by atoms with van der Waals surface area (Å²) in [5.74, 6) is -1.75. The molecule has 0 saturated heterocycles. The molecule has 0 radical (unpaired) electrons. The molecule has 7 nitrogen and oxygen atoms in total. The van der Waals surface area contributed by atoms with E-state index in [1.165, 1.54) is 0 Å². The van der Waals surface area contributed by atoms with E-state index in [-0.39, 0.29) is 79.0 Å². The first-order chi connectivity index (χ1) is 25.2. The second-order valence-corrected chi connectivity index (χ2v) is 15.0. The molecule has 3 aromatic rings. The number of esters is 3.